The Kier molecular flexibility index (Phi) is 4.58. The van der Waals surface area contributed by atoms with Crippen molar-refractivity contribution in [1.82, 2.24) is 9.80 Å². The third-order valence-electron chi connectivity index (χ3n) is 3.70. The molecule has 1 fully saturated rings. The zero-order chi connectivity index (χ0) is 13.0. The summed E-state index contributed by atoms with van der Waals surface area (Å²) < 4.78 is 5.45. The number of rotatable bonds is 4. The summed E-state index contributed by atoms with van der Waals surface area (Å²) in [5, 5.41) is 0. The van der Waals surface area contributed by atoms with Crippen LogP contribution in [0.4, 0.5) is 0 Å². The molecule has 1 heterocycles. The second kappa shape index (κ2) is 6.18. The van der Waals surface area contributed by atoms with E-state index in [1.165, 1.54) is 5.56 Å². The number of hydrogen-bond acceptors (Lipinski definition) is 4. The minimum absolute atomic E-state index is 0.259. The van der Waals surface area contributed by atoms with Gasteiger partial charge in [-0.05, 0) is 13.1 Å². The maximum absolute atomic E-state index is 5.98. The highest BCUT2D eigenvalue weighted by molar-refractivity contribution is 5.36. The standard InChI is InChI=1S/C14H23N3O/c1-16-7-9-17(10-8-16)13(11-15)12-5-3-4-6-14(12)18-2/h3-6,13H,7-11,15H2,1-2H3/t13-/m0/s1. The van der Waals surface area contributed by atoms with E-state index in [9.17, 15) is 0 Å². The van der Waals surface area contributed by atoms with Crippen molar-refractivity contribution in [2.24, 2.45) is 5.73 Å². The molecule has 4 heteroatoms. The van der Waals surface area contributed by atoms with Crippen molar-refractivity contribution in [3.05, 3.63) is 29.8 Å². The molecule has 1 aromatic carbocycles. The smallest absolute Gasteiger partial charge is 0.123 e. The Hall–Kier alpha value is -1.10. The summed E-state index contributed by atoms with van der Waals surface area (Å²) in [4.78, 5) is 4.81. The van der Waals surface area contributed by atoms with Gasteiger partial charge in [0, 0.05) is 38.3 Å². The van der Waals surface area contributed by atoms with Crippen molar-refractivity contribution in [2.45, 2.75) is 6.04 Å². The molecule has 0 saturated carbocycles. The molecule has 100 valence electrons. The third kappa shape index (κ3) is 2.83. The lowest BCUT2D eigenvalue weighted by molar-refractivity contribution is 0.113. The predicted molar refractivity (Wildman–Crippen MR) is 73.9 cm³/mol. The molecule has 0 radical (unpaired) electrons. The van der Waals surface area contributed by atoms with Crippen molar-refractivity contribution in [3.63, 3.8) is 0 Å². The fraction of sp³-hybridized carbons (Fsp3) is 0.571. The monoisotopic (exact) mass is 249 g/mol. The number of benzene rings is 1. The maximum atomic E-state index is 5.98. The van der Waals surface area contributed by atoms with Crippen molar-refractivity contribution in [1.29, 1.82) is 0 Å². The van der Waals surface area contributed by atoms with Gasteiger partial charge >= 0.3 is 0 Å². The summed E-state index contributed by atoms with van der Waals surface area (Å²) in [6.45, 7) is 4.97. The molecule has 2 rings (SSSR count). The molecule has 1 aromatic rings. The van der Waals surface area contributed by atoms with Crippen LogP contribution in [0.1, 0.15) is 11.6 Å². The number of nitrogens with zero attached hydrogens (tertiary/aromatic N) is 2. The molecule has 0 spiro atoms. The average Bonchev–Trinajstić information content (AvgIpc) is 2.42. The Morgan fingerprint density at radius 2 is 1.89 bits per heavy atom. The average molecular weight is 249 g/mol. The van der Waals surface area contributed by atoms with Crippen LogP contribution in [0.5, 0.6) is 5.75 Å². The first kappa shape index (κ1) is 13.3. The fourth-order valence-electron chi connectivity index (χ4n) is 2.55. The molecular weight excluding hydrogens is 226 g/mol. The number of ether oxygens (including phenoxy) is 1. The van der Waals surface area contributed by atoms with E-state index in [-0.39, 0.29) is 6.04 Å². The van der Waals surface area contributed by atoms with Crippen LogP contribution in [-0.4, -0.2) is 56.7 Å². The van der Waals surface area contributed by atoms with Crippen LogP contribution in [0.25, 0.3) is 0 Å². The van der Waals surface area contributed by atoms with E-state index in [0.29, 0.717) is 6.54 Å². The second-order valence-corrected chi connectivity index (χ2v) is 4.83. The quantitative estimate of drug-likeness (QED) is 0.862. The summed E-state index contributed by atoms with van der Waals surface area (Å²) in [5.41, 5.74) is 7.18. The number of likely N-dealkylation sites (N-methyl/N-ethyl adjacent to an activating group) is 1. The SMILES string of the molecule is COc1ccccc1[C@H](CN)N1CCN(C)CC1. The van der Waals surface area contributed by atoms with E-state index >= 15 is 0 Å². The van der Waals surface area contributed by atoms with Gasteiger partial charge in [0.25, 0.3) is 0 Å². The van der Waals surface area contributed by atoms with Crippen molar-refractivity contribution in [3.8, 4) is 5.75 Å². The van der Waals surface area contributed by atoms with Gasteiger partial charge in [0.1, 0.15) is 5.75 Å². The zero-order valence-electron chi connectivity index (χ0n) is 11.3. The lowest BCUT2D eigenvalue weighted by Crippen LogP contribution is -2.47. The van der Waals surface area contributed by atoms with Gasteiger partial charge in [-0.15, -0.1) is 0 Å². The highest BCUT2D eigenvalue weighted by atomic mass is 16.5. The molecule has 1 atom stereocenters. The van der Waals surface area contributed by atoms with E-state index in [4.69, 9.17) is 10.5 Å². The minimum atomic E-state index is 0.259. The predicted octanol–water partition coefficient (Wildman–Crippen LogP) is 0.942. The van der Waals surface area contributed by atoms with Crippen LogP contribution in [0.3, 0.4) is 0 Å². The summed E-state index contributed by atoms with van der Waals surface area (Å²) in [7, 11) is 3.88. The Morgan fingerprint density at radius 3 is 2.50 bits per heavy atom. The van der Waals surface area contributed by atoms with E-state index in [1.54, 1.807) is 7.11 Å². The topological polar surface area (TPSA) is 41.7 Å². The molecular formula is C14H23N3O. The van der Waals surface area contributed by atoms with Crippen LogP contribution >= 0.6 is 0 Å². The Morgan fingerprint density at radius 1 is 1.22 bits per heavy atom. The number of piperazine rings is 1. The van der Waals surface area contributed by atoms with Gasteiger partial charge < -0.3 is 15.4 Å². The van der Waals surface area contributed by atoms with Gasteiger partial charge in [-0.3, -0.25) is 4.90 Å². The van der Waals surface area contributed by atoms with Crippen molar-refractivity contribution in [2.75, 3.05) is 46.9 Å². The molecule has 18 heavy (non-hydrogen) atoms. The highest BCUT2D eigenvalue weighted by Crippen LogP contribution is 2.29. The van der Waals surface area contributed by atoms with Gasteiger partial charge in [0.15, 0.2) is 0 Å². The Bertz CT molecular complexity index is 375. The van der Waals surface area contributed by atoms with Crippen LogP contribution in [0.15, 0.2) is 24.3 Å². The molecule has 1 saturated heterocycles. The number of nitrogens with two attached hydrogens (primary N) is 1. The molecule has 0 bridgehead atoms. The molecule has 0 aliphatic carbocycles. The fourth-order valence-corrected chi connectivity index (χ4v) is 2.55. The lowest BCUT2D eigenvalue weighted by atomic mass is 10.0. The van der Waals surface area contributed by atoms with Gasteiger partial charge in [-0.1, -0.05) is 18.2 Å². The van der Waals surface area contributed by atoms with Gasteiger partial charge in [-0.25, -0.2) is 0 Å². The van der Waals surface area contributed by atoms with Crippen LogP contribution < -0.4 is 10.5 Å². The minimum Gasteiger partial charge on any atom is -0.496 e. The van der Waals surface area contributed by atoms with Crippen molar-refractivity contribution >= 4 is 0 Å². The number of hydrogen-bond donors (Lipinski definition) is 1. The molecule has 2 N–H and O–H groups in total. The Balaban J connectivity index is 2.17. The number of methoxy groups -OCH3 is 1. The first-order valence-corrected chi connectivity index (χ1v) is 6.52. The molecule has 4 nitrogen and oxygen atoms in total. The Labute approximate surface area is 109 Å². The van der Waals surface area contributed by atoms with Gasteiger partial charge in [-0.2, -0.15) is 0 Å². The van der Waals surface area contributed by atoms with Crippen molar-refractivity contribution < 1.29 is 4.74 Å². The van der Waals surface area contributed by atoms with E-state index in [2.05, 4.69) is 29.0 Å². The summed E-state index contributed by atoms with van der Waals surface area (Å²) in [6, 6.07) is 8.44. The third-order valence-corrected chi connectivity index (χ3v) is 3.70. The van der Waals surface area contributed by atoms with Crippen LogP contribution in [0.2, 0.25) is 0 Å². The van der Waals surface area contributed by atoms with Crippen LogP contribution in [0, 0.1) is 0 Å². The maximum Gasteiger partial charge on any atom is 0.123 e. The van der Waals surface area contributed by atoms with E-state index in [1.807, 2.05) is 12.1 Å². The lowest BCUT2D eigenvalue weighted by Gasteiger charge is -2.38. The van der Waals surface area contributed by atoms with Gasteiger partial charge in [0.2, 0.25) is 0 Å². The first-order valence-electron chi connectivity index (χ1n) is 6.52. The molecule has 1 aliphatic rings. The summed E-state index contributed by atoms with van der Waals surface area (Å²) in [6.07, 6.45) is 0. The van der Waals surface area contributed by atoms with E-state index < -0.39 is 0 Å². The summed E-state index contributed by atoms with van der Waals surface area (Å²) >= 11 is 0. The number of para-hydroxylation sites is 1. The largest absolute Gasteiger partial charge is 0.496 e. The first-order chi connectivity index (χ1) is 8.76. The molecule has 0 amide bonds. The van der Waals surface area contributed by atoms with E-state index in [0.717, 1.165) is 31.9 Å². The van der Waals surface area contributed by atoms with Gasteiger partial charge in [0.05, 0.1) is 13.2 Å². The van der Waals surface area contributed by atoms with Crippen LogP contribution in [-0.2, 0) is 0 Å². The second-order valence-electron chi connectivity index (χ2n) is 4.83. The zero-order valence-corrected chi connectivity index (χ0v) is 11.3. The molecule has 0 aromatic heterocycles. The molecule has 0 unspecified atom stereocenters. The highest BCUT2D eigenvalue weighted by Gasteiger charge is 2.24. The normalized spacial score (nSPS) is 19.7. The summed E-state index contributed by atoms with van der Waals surface area (Å²) in [5.74, 6) is 0.937. The molecule has 1 aliphatic heterocycles.